The second-order valence-electron chi connectivity index (χ2n) is 8.13. The predicted octanol–water partition coefficient (Wildman–Crippen LogP) is 0.979. The van der Waals surface area contributed by atoms with E-state index in [0.717, 1.165) is 42.9 Å². The van der Waals surface area contributed by atoms with Crippen LogP contribution in [0.4, 0.5) is 5.82 Å². The lowest BCUT2D eigenvalue weighted by Crippen LogP contribution is -3.06. The summed E-state index contributed by atoms with van der Waals surface area (Å²) in [6.07, 6.45) is 1.74. The highest BCUT2D eigenvalue weighted by molar-refractivity contribution is 5.56. The summed E-state index contributed by atoms with van der Waals surface area (Å²) in [7, 11) is 4.26. The number of likely N-dealkylation sites (N-methyl/N-ethyl adjacent to an activating group) is 1. The van der Waals surface area contributed by atoms with Crippen molar-refractivity contribution >= 4 is 5.82 Å². The third-order valence-corrected chi connectivity index (χ3v) is 4.42. The molecule has 3 N–H and O–H groups in total. The summed E-state index contributed by atoms with van der Waals surface area (Å²) < 4.78 is 6.01. The molecular weight excluding hydrogens is 300 g/mol. The van der Waals surface area contributed by atoms with Crippen molar-refractivity contribution in [1.82, 2.24) is 0 Å². The number of H-pyrrole nitrogens is 1. The van der Waals surface area contributed by atoms with Gasteiger partial charge in [-0.05, 0) is 25.3 Å². The molecule has 1 aromatic rings. The van der Waals surface area contributed by atoms with Gasteiger partial charge in [0.25, 0.3) is 5.82 Å². The summed E-state index contributed by atoms with van der Waals surface area (Å²) in [6.45, 7) is 11.1. The first kappa shape index (κ1) is 18.7. The van der Waals surface area contributed by atoms with Crippen LogP contribution in [0.5, 0.6) is 0 Å². The van der Waals surface area contributed by atoms with Gasteiger partial charge in [0.1, 0.15) is 30.4 Å². The quantitative estimate of drug-likeness (QED) is 0.816. The molecule has 0 radical (unpaired) electrons. The maximum Gasteiger partial charge on any atom is 0.291 e. The van der Waals surface area contributed by atoms with Gasteiger partial charge in [0, 0.05) is 18.4 Å². The highest BCUT2D eigenvalue weighted by atomic mass is 16.5. The molecule has 0 aromatic carbocycles. The molecule has 0 spiro atoms. The molecule has 0 saturated heterocycles. The molecule has 0 fully saturated rings. The van der Waals surface area contributed by atoms with Gasteiger partial charge in [-0.2, -0.15) is 5.26 Å². The van der Waals surface area contributed by atoms with Crippen LogP contribution < -0.4 is 15.2 Å². The Morgan fingerprint density at radius 2 is 2.04 bits per heavy atom. The van der Waals surface area contributed by atoms with Crippen molar-refractivity contribution in [2.45, 2.75) is 52.7 Å². The summed E-state index contributed by atoms with van der Waals surface area (Å²) in [5, 5.41) is 13.2. The molecule has 1 aliphatic heterocycles. The van der Waals surface area contributed by atoms with Crippen molar-refractivity contribution < 1.29 is 14.6 Å². The van der Waals surface area contributed by atoms with E-state index in [0.29, 0.717) is 12.5 Å². The number of quaternary nitrogens is 1. The maximum absolute atomic E-state index is 9.77. The smallest absolute Gasteiger partial charge is 0.291 e. The minimum absolute atomic E-state index is 0.222. The number of nitriles is 1. The van der Waals surface area contributed by atoms with Crippen molar-refractivity contribution in [2.75, 3.05) is 32.5 Å². The number of nitrogens with zero attached hydrogens (tertiary/aromatic N) is 1. The number of hydrogen-bond donors (Lipinski definition) is 2. The molecular formula is C19H32N4O+2. The Bertz CT molecular complexity index is 629. The summed E-state index contributed by atoms with van der Waals surface area (Å²) in [6, 6.07) is 2.42. The fourth-order valence-electron chi connectivity index (χ4n) is 3.16. The molecule has 1 aromatic heterocycles. The van der Waals surface area contributed by atoms with Crippen molar-refractivity contribution in [3.05, 3.63) is 22.4 Å². The van der Waals surface area contributed by atoms with Crippen LogP contribution in [0.2, 0.25) is 0 Å². The van der Waals surface area contributed by atoms with Crippen molar-refractivity contribution in [2.24, 2.45) is 5.92 Å². The Hall–Kier alpha value is -1.64. The summed E-state index contributed by atoms with van der Waals surface area (Å²) in [5.74, 6) is 1.41. The molecule has 0 aliphatic carbocycles. The molecule has 5 heteroatoms. The van der Waals surface area contributed by atoms with E-state index in [4.69, 9.17) is 4.74 Å². The van der Waals surface area contributed by atoms with Crippen LogP contribution in [0.25, 0.3) is 0 Å². The molecule has 0 bridgehead atoms. The van der Waals surface area contributed by atoms with Gasteiger partial charge in [-0.1, -0.05) is 13.8 Å². The molecule has 0 atom stereocenters. The molecule has 2 heterocycles. The lowest BCUT2D eigenvalue weighted by atomic mass is 9.87. The number of pyridine rings is 1. The van der Waals surface area contributed by atoms with E-state index in [-0.39, 0.29) is 5.60 Å². The average Bonchev–Trinajstić information content (AvgIpc) is 2.45. The van der Waals surface area contributed by atoms with Gasteiger partial charge in [0.2, 0.25) is 0 Å². The Morgan fingerprint density at radius 1 is 1.33 bits per heavy atom. The van der Waals surface area contributed by atoms with Gasteiger partial charge in [0.15, 0.2) is 0 Å². The Kier molecular flexibility index (Phi) is 5.84. The summed E-state index contributed by atoms with van der Waals surface area (Å²) in [5.41, 5.74) is 4.07. The highest BCUT2D eigenvalue weighted by Crippen LogP contribution is 2.33. The second-order valence-corrected chi connectivity index (χ2v) is 8.13. The zero-order valence-electron chi connectivity index (χ0n) is 16.0. The van der Waals surface area contributed by atoms with E-state index in [9.17, 15) is 5.26 Å². The van der Waals surface area contributed by atoms with Gasteiger partial charge in [0.05, 0.1) is 26.3 Å². The number of anilines is 1. The second kappa shape index (κ2) is 7.50. The molecule has 0 amide bonds. The number of aromatic amines is 1. The maximum atomic E-state index is 9.77. The Morgan fingerprint density at radius 3 is 2.62 bits per heavy atom. The van der Waals surface area contributed by atoms with Gasteiger partial charge in [-0.3, -0.25) is 5.32 Å². The van der Waals surface area contributed by atoms with Crippen LogP contribution in [0.3, 0.4) is 0 Å². The number of nitrogens with one attached hydrogen (secondary N) is 3. The van der Waals surface area contributed by atoms with Crippen LogP contribution in [-0.2, 0) is 24.2 Å². The van der Waals surface area contributed by atoms with Crippen LogP contribution in [0.15, 0.2) is 0 Å². The molecule has 132 valence electrons. The van der Waals surface area contributed by atoms with Crippen LogP contribution in [0.1, 0.15) is 50.1 Å². The number of rotatable bonds is 6. The minimum atomic E-state index is -0.222. The van der Waals surface area contributed by atoms with Gasteiger partial charge >= 0.3 is 0 Å². The summed E-state index contributed by atoms with van der Waals surface area (Å²) in [4.78, 5) is 4.89. The zero-order valence-corrected chi connectivity index (χ0v) is 16.0. The van der Waals surface area contributed by atoms with Crippen LogP contribution in [-0.4, -0.2) is 32.8 Å². The number of fused-ring (bicyclic) bond motifs is 1. The fourth-order valence-corrected chi connectivity index (χ4v) is 3.16. The standard InChI is InChI=1S/C19H30N4O/c1-13(2)9-17-16-12-24-19(3,4)10-14(16)15(11-20)18(22-17)21-7-8-23(5)6/h13H,7-10,12H2,1-6H3,(H,21,22)/p+2. The molecule has 0 unspecified atom stereocenters. The van der Waals surface area contributed by atoms with Gasteiger partial charge in [-0.25, -0.2) is 4.98 Å². The first-order valence-electron chi connectivity index (χ1n) is 8.90. The topological polar surface area (TPSA) is 63.6 Å². The lowest BCUT2D eigenvalue weighted by Gasteiger charge is -2.33. The number of ether oxygens (including phenoxy) is 1. The molecule has 5 nitrogen and oxygen atoms in total. The van der Waals surface area contributed by atoms with Gasteiger partial charge in [-0.15, -0.1) is 0 Å². The minimum Gasteiger partial charge on any atom is -0.370 e. The number of aromatic nitrogens is 1. The van der Waals surface area contributed by atoms with Crippen LogP contribution >= 0.6 is 0 Å². The monoisotopic (exact) mass is 332 g/mol. The van der Waals surface area contributed by atoms with E-state index < -0.39 is 0 Å². The lowest BCUT2D eigenvalue weighted by molar-refractivity contribution is -0.856. The van der Waals surface area contributed by atoms with Gasteiger partial charge < -0.3 is 9.64 Å². The molecule has 24 heavy (non-hydrogen) atoms. The van der Waals surface area contributed by atoms with Crippen molar-refractivity contribution in [1.29, 1.82) is 5.26 Å². The van der Waals surface area contributed by atoms with Crippen LogP contribution in [0, 0.1) is 17.2 Å². The molecule has 2 rings (SSSR count). The first-order valence-corrected chi connectivity index (χ1v) is 8.90. The Labute approximate surface area is 146 Å². The normalized spacial score (nSPS) is 16.1. The largest absolute Gasteiger partial charge is 0.370 e. The van der Waals surface area contributed by atoms with Crippen molar-refractivity contribution in [3.63, 3.8) is 0 Å². The van der Waals surface area contributed by atoms with E-state index in [2.05, 4.69) is 58.2 Å². The summed E-state index contributed by atoms with van der Waals surface area (Å²) >= 11 is 0. The number of hydrogen-bond acceptors (Lipinski definition) is 3. The first-order chi connectivity index (χ1) is 11.2. The predicted molar refractivity (Wildman–Crippen MR) is 95.0 cm³/mol. The fraction of sp³-hybridized carbons (Fsp3) is 0.684. The Balaban J connectivity index is 2.45. The average molecular weight is 332 g/mol. The van der Waals surface area contributed by atoms with Crippen molar-refractivity contribution in [3.8, 4) is 6.07 Å². The van der Waals surface area contributed by atoms with E-state index >= 15 is 0 Å². The van der Waals surface area contributed by atoms with E-state index in [1.54, 1.807) is 0 Å². The zero-order chi connectivity index (χ0) is 17.9. The van der Waals surface area contributed by atoms with E-state index in [1.807, 2.05) is 0 Å². The van der Waals surface area contributed by atoms with E-state index in [1.165, 1.54) is 16.2 Å². The third kappa shape index (κ3) is 4.46. The molecule has 0 saturated carbocycles. The SMILES string of the molecule is CC(C)Cc1[nH+]c(NCC[NH+](C)C)c(C#N)c2c1COC(C)(C)C2. The molecule has 1 aliphatic rings. The third-order valence-electron chi connectivity index (χ3n) is 4.42. The highest BCUT2D eigenvalue weighted by Gasteiger charge is 2.33.